The summed E-state index contributed by atoms with van der Waals surface area (Å²) in [6.45, 7) is 2.02. The number of nitrogens with one attached hydrogen (secondary N) is 1. The van der Waals surface area contributed by atoms with Gasteiger partial charge in [0.25, 0.3) is 0 Å². The predicted molar refractivity (Wildman–Crippen MR) is 51.1 cm³/mol. The third-order valence-electron chi connectivity index (χ3n) is 1.82. The minimum absolute atomic E-state index is 0.203. The summed E-state index contributed by atoms with van der Waals surface area (Å²) in [5, 5.41) is 3.51. The van der Waals surface area contributed by atoms with E-state index < -0.39 is 0 Å². The molecule has 1 rings (SSSR count). The highest BCUT2D eigenvalue weighted by atomic mass is 35.5. The Labute approximate surface area is 76.9 Å². The molecule has 0 fully saturated rings. The van der Waals surface area contributed by atoms with Gasteiger partial charge in [0.1, 0.15) is 11.0 Å². The highest BCUT2D eigenvalue weighted by molar-refractivity contribution is 6.29. The molecule has 3 N–H and O–H groups in total. The summed E-state index contributed by atoms with van der Waals surface area (Å²) in [7, 11) is 1.87. The zero-order chi connectivity index (χ0) is 9.14. The second kappa shape index (κ2) is 3.74. The average molecular weight is 186 g/mol. The normalized spacial score (nSPS) is 12.9. The summed E-state index contributed by atoms with van der Waals surface area (Å²) in [5.74, 6) is 0.490. The Balaban J connectivity index is 3.01. The van der Waals surface area contributed by atoms with Crippen LogP contribution in [0.2, 0.25) is 5.15 Å². The largest absolute Gasteiger partial charge is 0.383 e. The number of nitrogens with zero attached hydrogens (tertiary/aromatic N) is 1. The molecular weight excluding hydrogens is 174 g/mol. The first-order chi connectivity index (χ1) is 5.65. The van der Waals surface area contributed by atoms with Crippen molar-refractivity contribution < 1.29 is 0 Å². The van der Waals surface area contributed by atoms with Crippen LogP contribution in [-0.2, 0) is 0 Å². The molecule has 1 aromatic heterocycles. The number of halogens is 1. The van der Waals surface area contributed by atoms with Crippen LogP contribution in [0, 0.1) is 0 Å². The van der Waals surface area contributed by atoms with E-state index in [0.29, 0.717) is 11.0 Å². The van der Waals surface area contributed by atoms with Gasteiger partial charge in [-0.05, 0) is 20.0 Å². The molecule has 3 nitrogen and oxygen atoms in total. The first kappa shape index (κ1) is 9.29. The summed E-state index contributed by atoms with van der Waals surface area (Å²) in [5.41, 5.74) is 6.64. The van der Waals surface area contributed by atoms with Crippen molar-refractivity contribution in [1.29, 1.82) is 0 Å². The maximum atomic E-state index is 5.66. The molecule has 4 heteroatoms. The molecule has 0 saturated carbocycles. The fraction of sp³-hybridized carbons (Fsp3) is 0.375. The smallest absolute Gasteiger partial charge is 0.131 e. The summed E-state index contributed by atoms with van der Waals surface area (Å²) in [6.07, 6.45) is 0. The third kappa shape index (κ3) is 1.87. The van der Waals surface area contributed by atoms with Gasteiger partial charge in [-0.3, -0.25) is 0 Å². The highest BCUT2D eigenvalue weighted by Crippen LogP contribution is 2.19. The second-order valence-electron chi connectivity index (χ2n) is 2.62. The lowest BCUT2D eigenvalue weighted by molar-refractivity contribution is 0.652. The summed E-state index contributed by atoms with van der Waals surface area (Å²) >= 11 is 5.65. The molecule has 1 unspecified atom stereocenters. The Morgan fingerprint density at radius 2 is 2.25 bits per heavy atom. The van der Waals surface area contributed by atoms with Crippen molar-refractivity contribution in [2.75, 3.05) is 12.8 Å². The van der Waals surface area contributed by atoms with Crippen LogP contribution in [0.15, 0.2) is 12.1 Å². The van der Waals surface area contributed by atoms with Crippen LogP contribution >= 0.6 is 11.6 Å². The SMILES string of the molecule is CNC(C)c1ccc(Cl)nc1N. The van der Waals surface area contributed by atoms with E-state index in [-0.39, 0.29) is 6.04 Å². The van der Waals surface area contributed by atoms with Crippen LogP contribution in [0.25, 0.3) is 0 Å². The predicted octanol–water partition coefficient (Wildman–Crippen LogP) is 1.60. The number of hydrogen-bond acceptors (Lipinski definition) is 3. The van der Waals surface area contributed by atoms with E-state index in [4.69, 9.17) is 17.3 Å². The molecule has 0 aliphatic rings. The fourth-order valence-electron chi connectivity index (χ4n) is 0.982. The molecule has 0 radical (unpaired) electrons. The van der Waals surface area contributed by atoms with Crippen molar-refractivity contribution in [2.24, 2.45) is 0 Å². The van der Waals surface area contributed by atoms with E-state index in [0.717, 1.165) is 5.56 Å². The van der Waals surface area contributed by atoms with E-state index in [1.54, 1.807) is 6.07 Å². The Kier molecular flexibility index (Phi) is 2.89. The van der Waals surface area contributed by atoms with Gasteiger partial charge >= 0.3 is 0 Å². The quantitative estimate of drug-likeness (QED) is 0.689. The van der Waals surface area contributed by atoms with E-state index >= 15 is 0 Å². The molecule has 0 aliphatic carbocycles. The maximum absolute atomic E-state index is 5.66. The minimum Gasteiger partial charge on any atom is -0.383 e. The van der Waals surface area contributed by atoms with Crippen LogP contribution in [0.4, 0.5) is 5.82 Å². The molecule has 1 heterocycles. The second-order valence-corrected chi connectivity index (χ2v) is 3.01. The number of rotatable bonds is 2. The molecule has 66 valence electrons. The summed E-state index contributed by atoms with van der Waals surface area (Å²) in [4.78, 5) is 3.95. The zero-order valence-electron chi connectivity index (χ0n) is 7.13. The number of nitrogens with two attached hydrogens (primary N) is 1. The van der Waals surface area contributed by atoms with Gasteiger partial charge in [-0.2, -0.15) is 0 Å². The summed E-state index contributed by atoms with van der Waals surface area (Å²) in [6, 6.07) is 3.82. The van der Waals surface area contributed by atoms with Crippen molar-refractivity contribution in [3.05, 3.63) is 22.8 Å². The van der Waals surface area contributed by atoms with Gasteiger partial charge in [0.15, 0.2) is 0 Å². The molecule has 12 heavy (non-hydrogen) atoms. The number of pyridine rings is 1. The number of anilines is 1. The van der Waals surface area contributed by atoms with Crippen molar-refractivity contribution in [2.45, 2.75) is 13.0 Å². The summed E-state index contributed by atoms with van der Waals surface area (Å²) < 4.78 is 0. The van der Waals surface area contributed by atoms with Crippen LogP contribution in [0.1, 0.15) is 18.5 Å². The lowest BCUT2D eigenvalue weighted by Crippen LogP contribution is -2.14. The number of hydrogen-bond donors (Lipinski definition) is 2. The molecule has 0 aromatic carbocycles. The first-order valence-electron chi connectivity index (χ1n) is 3.74. The third-order valence-corrected chi connectivity index (χ3v) is 2.03. The van der Waals surface area contributed by atoms with E-state index in [1.807, 2.05) is 20.0 Å². The Bertz CT molecular complexity index is 275. The van der Waals surface area contributed by atoms with Crippen molar-refractivity contribution in [3.63, 3.8) is 0 Å². The van der Waals surface area contributed by atoms with Gasteiger partial charge in [-0.25, -0.2) is 4.98 Å². The van der Waals surface area contributed by atoms with Crippen LogP contribution in [0.5, 0.6) is 0 Å². The molecule has 1 atom stereocenters. The minimum atomic E-state index is 0.203. The van der Waals surface area contributed by atoms with E-state index in [9.17, 15) is 0 Å². The van der Waals surface area contributed by atoms with Gasteiger partial charge in [0.2, 0.25) is 0 Å². The lowest BCUT2D eigenvalue weighted by Gasteiger charge is -2.11. The van der Waals surface area contributed by atoms with Crippen LogP contribution in [0.3, 0.4) is 0 Å². The molecule has 0 aliphatic heterocycles. The molecular formula is C8H12ClN3. The van der Waals surface area contributed by atoms with Gasteiger partial charge in [-0.1, -0.05) is 17.7 Å². The molecule has 0 amide bonds. The average Bonchev–Trinajstić information content (AvgIpc) is 2.03. The maximum Gasteiger partial charge on any atom is 0.131 e. The molecule has 1 aromatic rings. The molecule has 0 bridgehead atoms. The lowest BCUT2D eigenvalue weighted by atomic mass is 10.1. The fourth-order valence-corrected chi connectivity index (χ4v) is 1.14. The van der Waals surface area contributed by atoms with Crippen molar-refractivity contribution >= 4 is 17.4 Å². The van der Waals surface area contributed by atoms with Gasteiger partial charge in [0, 0.05) is 11.6 Å². The van der Waals surface area contributed by atoms with Crippen LogP contribution in [-0.4, -0.2) is 12.0 Å². The monoisotopic (exact) mass is 185 g/mol. The molecule has 0 saturated heterocycles. The van der Waals surface area contributed by atoms with Gasteiger partial charge in [0.05, 0.1) is 0 Å². The number of aromatic nitrogens is 1. The Morgan fingerprint density at radius 3 is 2.75 bits per heavy atom. The van der Waals surface area contributed by atoms with Gasteiger partial charge in [-0.15, -0.1) is 0 Å². The zero-order valence-corrected chi connectivity index (χ0v) is 7.89. The number of nitrogen functional groups attached to an aromatic ring is 1. The molecule has 0 spiro atoms. The Morgan fingerprint density at radius 1 is 1.58 bits per heavy atom. The van der Waals surface area contributed by atoms with E-state index in [1.165, 1.54) is 0 Å². The van der Waals surface area contributed by atoms with E-state index in [2.05, 4.69) is 10.3 Å². The van der Waals surface area contributed by atoms with Crippen molar-refractivity contribution in [1.82, 2.24) is 10.3 Å². The highest BCUT2D eigenvalue weighted by Gasteiger charge is 2.07. The topological polar surface area (TPSA) is 50.9 Å². The standard InChI is InChI=1S/C8H12ClN3/c1-5(11-2)6-3-4-7(9)12-8(6)10/h3-5,11H,1-2H3,(H2,10,12). The Hall–Kier alpha value is -0.800. The van der Waals surface area contributed by atoms with Gasteiger partial charge < -0.3 is 11.1 Å². The van der Waals surface area contributed by atoms with Crippen molar-refractivity contribution in [3.8, 4) is 0 Å². The first-order valence-corrected chi connectivity index (χ1v) is 4.12. The van der Waals surface area contributed by atoms with Crippen LogP contribution < -0.4 is 11.1 Å².